The van der Waals surface area contributed by atoms with Crippen LogP contribution in [0.25, 0.3) is 0 Å². The van der Waals surface area contributed by atoms with Crippen molar-refractivity contribution < 1.29 is 19.1 Å². The van der Waals surface area contributed by atoms with Crippen molar-refractivity contribution in [1.82, 2.24) is 5.32 Å². The van der Waals surface area contributed by atoms with Crippen molar-refractivity contribution in [2.24, 2.45) is 0 Å². The number of benzene rings is 2. The molecule has 1 heterocycles. The van der Waals surface area contributed by atoms with Gasteiger partial charge in [-0.3, -0.25) is 14.4 Å². The summed E-state index contributed by atoms with van der Waals surface area (Å²) in [5, 5.41) is 11.6. The molecule has 0 bridgehead atoms. The van der Waals surface area contributed by atoms with Crippen LogP contribution in [-0.4, -0.2) is 43.5 Å². The molecule has 1 atom stereocenters. The van der Waals surface area contributed by atoms with E-state index in [9.17, 15) is 14.4 Å². The maximum atomic E-state index is 12.3. The van der Waals surface area contributed by atoms with Crippen molar-refractivity contribution in [3.8, 4) is 0 Å². The standard InChI is InChI=1S/C24H30N4O4/c1-3-22(29)28-21-8-4-7-20(16(21)2)25-15-23(30)27-18-11-9-17(10-12-18)24(31)26-14-19-6-5-13-32-19/h4,7-12,19,25H,3,5-6,13-15H2,1-2H3,(H,26,31)(H,27,30)(H,28,29). The Morgan fingerprint density at radius 1 is 1.00 bits per heavy atom. The average Bonchev–Trinajstić information content (AvgIpc) is 3.32. The first kappa shape index (κ1) is 23.3. The maximum Gasteiger partial charge on any atom is 0.251 e. The highest BCUT2D eigenvalue weighted by Gasteiger charge is 2.16. The second-order valence-corrected chi connectivity index (χ2v) is 7.70. The highest BCUT2D eigenvalue weighted by molar-refractivity contribution is 5.97. The molecule has 2 aromatic rings. The van der Waals surface area contributed by atoms with Gasteiger partial charge in [-0.05, 0) is 61.7 Å². The van der Waals surface area contributed by atoms with Crippen molar-refractivity contribution in [3.63, 3.8) is 0 Å². The predicted molar refractivity (Wildman–Crippen MR) is 125 cm³/mol. The molecule has 32 heavy (non-hydrogen) atoms. The van der Waals surface area contributed by atoms with Gasteiger partial charge in [0.05, 0.1) is 12.6 Å². The van der Waals surface area contributed by atoms with Crippen LogP contribution in [-0.2, 0) is 14.3 Å². The Kier molecular flexibility index (Phi) is 8.21. The molecule has 0 spiro atoms. The van der Waals surface area contributed by atoms with Crippen LogP contribution in [0.3, 0.4) is 0 Å². The molecule has 0 aliphatic carbocycles. The van der Waals surface area contributed by atoms with Crippen LogP contribution in [0.15, 0.2) is 42.5 Å². The fraction of sp³-hybridized carbons (Fsp3) is 0.375. The Hall–Kier alpha value is -3.39. The van der Waals surface area contributed by atoms with Crippen LogP contribution < -0.4 is 21.3 Å². The van der Waals surface area contributed by atoms with E-state index in [-0.39, 0.29) is 30.4 Å². The van der Waals surface area contributed by atoms with Crippen LogP contribution in [0.5, 0.6) is 0 Å². The third kappa shape index (κ3) is 6.55. The van der Waals surface area contributed by atoms with E-state index in [4.69, 9.17) is 4.74 Å². The Labute approximate surface area is 188 Å². The lowest BCUT2D eigenvalue weighted by molar-refractivity contribution is -0.116. The first-order chi connectivity index (χ1) is 15.5. The first-order valence-corrected chi connectivity index (χ1v) is 10.9. The molecule has 3 rings (SSSR count). The van der Waals surface area contributed by atoms with Gasteiger partial charge in [-0.25, -0.2) is 0 Å². The molecule has 1 aliphatic heterocycles. The molecule has 2 aromatic carbocycles. The number of hydrogen-bond donors (Lipinski definition) is 4. The lowest BCUT2D eigenvalue weighted by Gasteiger charge is -2.14. The number of anilines is 3. The fourth-order valence-electron chi connectivity index (χ4n) is 3.40. The van der Waals surface area contributed by atoms with Crippen LogP contribution in [0.4, 0.5) is 17.1 Å². The topological polar surface area (TPSA) is 109 Å². The quantitative estimate of drug-likeness (QED) is 0.480. The maximum absolute atomic E-state index is 12.3. The first-order valence-electron chi connectivity index (χ1n) is 10.9. The Morgan fingerprint density at radius 3 is 2.44 bits per heavy atom. The molecule has 3 amide bonds. The summed E-state index contributed by atoms with van der Waals surface area (Å²) < 4.78 is 5.51. The summed E-state index contributed by atoms with van der Waals surface area (Å²) in [4.78, 5) is 36.2. The van der Waals surface area contributed by atoms with Gasteiger partial charge in [0.1, 0.15) is 0 Å². The number of ether oxygens (including phenoxy) is 1. The van der Waals surface area contributed by atoms with E-state index in [1.54, 1.807) is 31.2 Å². The zero-order chi connectivity index (χ0) is 22.9. The van der Waals surface area contributed by atoms with Gasteiger partial charge in [0.15, 0.2) is 0 Å². The van der Waals surface area contributed by atoms with Crippen LogP contribution >= 0.6 is 0 Å². The summed E-state index contributed by atoms with van der Waals surface area (Å²) in [7, 11) is 0. The summed E-state index contributed by atoms with van der Waals surface area (Å²) >= 11 is 0. The van der Waals surface area contributed by atoms with Gasteiger partial charge >= 0.3 is 0 Å². The Morgan fingerprint density at radius 2 is 1.75 bits per heavy atom. The monoisotopic (exact) mass is 438 g/mol. The Bertz CT molecular complexity index is 953. The van der Waals surface area contributed by atoms with Gasteiger partial charge in [-0.15, -0.1) is 0 Å². The minimum absolute atomic E-state index is 0.0630. The molecular formula is C24H30N4O4. The molecule has 0 saturated carbocycles. The second-order valence-electron chi connectivity index (χ2n) is 7.70. The molecule has 0 radical (unpaired) electrons. The highest BCUT2D eigenvalue weighted by Crippen LogP contribution is 2.23. The van der Waals surface area contributed by atoms with Crippen molar-refractivity contribution >= 4 is 34.8 Å². The number of rotatable bonds is 9. The number of carbonyl (C=O) groups is 3. The number of nitrogens with one attached hydrogen (secondary N) is 4. The van der Waals surface area contributed by atoms with Gasteiger partial charge < -0.3 is 26.0 Å². The number of hydrogen-bond acceptors (Lipinski definition) is 5. The van der Waals surface area contributed by atoms with Gasteiger partial charge in [0.2, 0.25) is 11.8 Å². The third-order valence-electron chi connectivity index (χ3n) is 5.31. The number of amides is 3. The zero-order valence-corrected chi connectivity index (χ0v) is 18.5. The Balaban J connectivity index is 1.48. The van der Waals surface area contributed by atoms with Crippen molar-refractivity contribution in [2.75, 3.05) is 35.6 Å². The molecule has 8 nitrogen and oxygen atoms in total. The second kappa shape index (κ2) is 11.3. The van der Waals surface area contributed by atoms with Crippen LogP contribution in [0.1, 0.15) is 42.1 Å². The molecule has 1 unspecified atom stereocenters. The predicted octanol–water partition coefficient (Wildman–Crippen LogP) is 3.30. The smallest absolute Gasteiger partial charge is 0.251 e. The van der Waals surface area contributed by atoms with E-state index in [0.29, 0.717) is 24.2 Å². The molecule has 8 heteroatoms. The molecule has 170 valence electrons. The van der Waals surface area contributed by atoms with E-state index >= 15 is 0 Å². The normalized spacial score (nSPS) is 15.1. The van der Waals surface area contributed by atoms with Gasteiger partial charge in [-0.1, -0.05) is 13.0 Å². The van der Waals surface area contributed by atoms with Gasteiger partial charge in [0.25, 0.3) is 5.91 Å². The summed E-state index contributed by atoms with van der Waals surface area (Å²) in [6.45, 7) is 5.00. The summed E-state index contributed by atoms with van der Waals surface area (Å²) in [6, 6.07) is 12.3. The van der Waals surface area contributed by atoms with Crippen molar-refractivity contribution in [1.29, 1.82) is 0 Å². The van der Waals surface area contributed by atoms with E-state index in [2.05, 4.69) is 21.3 Å². The SMILES string of the molecule is CCC(=O)Nc1cccc(NCC(=O)Nc2ccc(C(=O)NCC3CCCO3)cc2)c1C. The molecule has 1 saturated heterocycles. The van der Waals surface area contributed by atoms with E-state index < -0.39 is 0 Å². The molecule has 4 N–H and O–H groups in total. The van der Waals surface area contributed by atoms with Crippen molar-refractivity contribution in [2.45, 2.75) is 39.2 Å². The number of carbonyl (C=O) groups excluding carboxylic acids is 3. The third-order valence-corrected chi connectivity index (χ3v) is 5.31. The molecule has 1 fully saturated rings. The summed E-state index contributed by atoms with van der Waals surface area (Å²) in [5.74, 6) is -0.444. The minimum Gasteiger partial charge on any atom is -0.376 e. The highest BCUT2D eigenvalue weighted by atomic mass is 16.5. The fourth-order valence-corrected chi connectivity index (χ4v) is 3.40. The average molecular weight is 439 g/mol. The van der Waals surface area contributed by atoms with E-state index in [1.807, 2.05) is 25.1 Å². The lowest BCUT2D eigenvalue weighted by atomic mass is 10.1. The largest absolute Gasteiger partial charge is 0.376 e. The van der Waals surface area contributed by atoms with Crippen LogP contribution in [0.2, 0.25) is 0 Å². The molecule has 0 aromatic heterocycles. The van der Waals surface area contributed by atoms with Crippen molar-refractivity contribution in [3.05, 3.63) is 53.6 Å². The van der Waals surface area contributed by atoms with Crippen LogP contribution in [0, 0.1) is 6.92 Å². The van der Waals surface area contributed by atoms with Gasteiger partial charge in [0, 0.05) is 42.2 Å². The van der Waals surface area contributed by atoms with Gasteiger partial charge in [-0.2, -0.15) is 0 Å². The summed E-state index contributed by atoms with van der Waals surface area (Å²) in [6.07, 6.45) is 2.49. The summed E-state index contributed by atoms with van der Waals surface area (Å²) in [5.41, 5.74) is 3.48. The zero-order valence-electron chi connectivity index (χ0n) is 18.5. The molecule has 1 aliphatic rings. The molecular weight excluding hydrogens is 408 g/mol. The minimum atomic E-state index is -0.219. The van der Waals surface area contributed by atoms with E-state index in [1.165, 1.54) is 0 Å². The van der Waals surface area contributed by atoms with E-state index in [0.717, 1.165) is 36.4 Å². The lowest BCUT2D eigenvalue weighted by Crippen LogP contribution is -2.31.